The van der Waals surface area contributed by atoms with Gasteiger partial charge < -0.3 is 4.42 Å². The SMILES string of the molecule is Cc1csc(C=CC(=O)c2ccco2)c1. The van der Waals surface area contributed by atoms with Crippen LogP contribution in [0, 0.1) is 6.92 Å². The van der Waals surface area contributed by atoms with E-state index in [4.69, 9.17) is 4.42 Å². The molecular formula is C12H10O2S. The minimum Gasteiger partial charge on any atom is -0.461 e. The molecule has 2 rings (SSSR count). The van der Waals surface area contributed by atoms with Gasteiger partial charge >= 0.3 is 0 Å². The van der Waals surface area contributed by atoms with Crippen molar-refractivity contribution in [3.63, 3.8) is 0 Å². The molecule has 0 atom stereocenters. The molecule has 0 unspecified atom stereocenters. The fourth-order valence-corrected chi connectivity index (χ4v) is 1.99. The Morgan fingerprint density at radius 3 is 3.00 bits per heavy atom. The lowest BCUT2D eigenvalue weighted by Gasteiger charge is -1.86. The van der Waals surface area contributed by atoms with Gasteiger partial charge in [-0.15, -0.1) is 11.3 Å². The number of rotatable bonds is 3. The zero-order chi connectivity index (χ0) is 10.7. The van der Waals surface area contributed by atoms with E-state index in [0.717, 1.165) is 4.88 Å². The summed E-state index contributed by atoms with van der Waals surface area (Å²) in [5.41, 5.74) is 1.21. The molecule has 0 fully saturated rings. The van der Waals surface area contributed by atoms with Gasteiger partial charge in [0.05, 0.1) is 6.26 Å². The standard InChI is InChI=1S/C12H10O2S/c1-9-7-10(15-8-9)4-5-11(13)12-3-2-6-14-12/h2-8H,1H3. The molecule has 0 saturated heterocycles. The number of hydrogen-bond acceptors (Lipinski definition) is 3. The van der Waals surface area contributed by atoms with Gasteiger partial charge in [-0.2, -0.15) is 0 Å². The molecule has 2 aromatic rings. The summed E-state index contributed by atoms with van der Waals surface area (Å²) in [4.78, 5) is 12.6. The number of carbonyl (C=O) groups excluding carboxylic acids is 1. The number of furan rings is 1. The zero-order valence-electron chi connectivity index (χ0n) is 8.27. The third-order valence-electron chi connectivity index (χ3n) is 1.91. The summed E-state index contributed by atoms with van der Waals surface area (Å²) in [5.74, 6) is 0.269. The van der Waals surface area contributed by atoms with Crippen LogP contribution in [-0.2, 0) is 0 Å². The molecule has 0 N–H and O–H groups in total. The van der Waals surface area contributed by atoms with Gasteiger partial charge in [-0.3, -0.25) is 4.79 Å². The minimum absolute atomic E-state index is 0.106. The van der Waals surface area contributed by atoms with Crippen molar-refractivity contribution in [2.75, 3.05) is 0 Å². The van der Waals surface area contributed by atoms with Crippen molar-refractivity contribution in [1.29, 1.82) is 0 Å². The summed E-state index contributed by atoms with van der Waals surface area (Å²) in [5, 5.41) is 2.05. The maximum absolute atomic E-state index is 11.5. The van der Waals surface area contributed by atoms with E-state index in [1.165, 1.54) is 17.9 Å². The lowest BCUT2D eigenvalue weighted by atomic mass is 10.2. The maximum atomic E-state index is 11.5. The van der Waals surface area contributed by atoms with Gasteiger partial charge in [-0.25, -0.2) is 0 Å². The second-order valence-electron chi connectivity index (χ2n) is 3.20. The summed E-state index contributed by atoms with van der Waals surface area (Å²) in [6.45, 7) is 2.03. The molecule has 76 valence electrons. The molecule has 3 heteroatoms. The summed E-state index contributed by atoms with van der Waals surface area (Å²) >= 11 is 1.62. The van der Waals surface area contributed by atoms with Crippen molar-refractivity contribution in [1.82, 2.24) is 0 Å². The Morgan fingerprint density at radius 2 is 2.40 bits per heavy atom. The molecule has 0 aliphatic rings. The Labute approximate surface area is 91.9 Å². The van der Waals surface area contributed by atoms with Gasteiger partial charge in [0.1, 0.15) is 0 Å². The Bertz CT molecular complexity index is 477. The lowest BCUT2D eigenvalue weighted by molar-refractivity contribution is 0.102. The Kier molecular flexibility index (Phi) is 2.83. The van der Waals surface area contributed by atoms with Gasteiger partial charge in [-0.05, 0) is 48.2 Å². The third kappa shape index (κ3) is 2.44. The fraction of sp³-hybridized carbons (Fsp3) is 0.0833. The first kappa shape index (κ1) is 9.93. The zero-order valence-corrected chi connectivity index (χ0v) is 9.08. The number of hydrogen-bond donors (Lipinski definition) is 0. The molecule has 15 heavy (non-hydrogen) atoms. The minimum atomic E-state index is -0.106. The molecule has 0 spiro atoms. The van der Waals surface area contributed by atoms with E-state index in [9.17, 15) is 4.79 Å². The Balaban J connectivity index is 2.09. The molecule has 0 aliphatic carbocycles. The molecule has 0 aromatic carbocycles. The van der Waals surface area contributed by atoms with E-state index in [1.807, 2.05) is 19.1 Å². The van der Waals surface area contributed by atoms with Crippen LogP contribution in [0.4, 0.5) is 0 Å². The van der Waals surface area contributed by atoms with Crippen molar-refractivity contribution in [3.05, 3.63) is 52.1 Å². The van der Waals surface area contributed by atoms with Crippen LogP contribution >= 0.6 is 11.3 Å². The quantitative estimate of drug-likeness (QED) is 0.582. The topological polar surface area (TPSA) is 30.2 Å². The highest BCUT2D eigenvalue weighted by molar-refractivity contribution is 7.11. The second kappa shape index (κ2) is 4.28. The van der Waals surface area contributed by atoms with E-state index < -0.39 is 0 Å². The van der Waals surface area contributed by atoms with Crippen molar-refractivity contribution in [2.45, 2.75) is 6.92 Å². The van der Waals surface area contributed by atoms with Crippen LogP contribution < -0.4 is 0 Å². The molecule has 2 heterocycles. The van der Waals surface area contributed by atoms with Crippen molar-refractivity contribution in [2.24, 2.45) is 0 Å². The largest absolute Gasteiger partial charge is 0.461 e. The number of ketones is 1. The molecule has 0 radical (unpaired) electrons. The van der Waals surface area contributed by atoms with Crippen molar-refractivity contribution >= 4 is 23.2 Å². The Morgan fingerprint density at radius 1 is 1.53 bits per heavy atom. The molecule has 0 aliphatic heterocycles. The second-order valence-corrected chi connectivity index (χ2v) is 4.14. The van der Waals surface area contributed by atoms with Gasteiger partial charge in [0.2, 0.25) is 5.78 Å². The fourth-order valence-electron chi connectivity index (χ4n) is 1.20. The highest BCUT2D eigenvalue weighted by atomic mass is 32.1. The van der Waals surface area contributed by atoms with Crippen molar-refractivity contribution in [3.8, 4) is 0 Å². The number of thiophene rings is 1. The Hall–Kier alpha value is -1.61. The molecular weight excluding hydrogens is 208 g/mol. The molecule has 0 bridgehead atoms. The predicted octanol–water partition coefficient (Wildman–Crippen LogP) is 3.55. The monoisotopic (exact) mass is 218 g/mol. The number of allylic oxidation sites excluding steroid dienone is 1. The van der Waals surface area contributed by atoms with Gasteiger partial charge in [-0.1, -0.05) is 0 Å². The predicted molar refractivity (Wildman–Crippen MR) is 61.1 cm³/mol. The summed E-state index contributed by atoms with van der Waals surface area (Å²) < 4.78 is 4.99. The van der Waals surface area contributed by atoms with Crippen LogP contribution in [0.25, 0.3) is 6.08 Å². The number of carbonyl (C=O) groups is 1. The molecule has 2 aromatic heterocycles. The first-order chi connectivity index (χ1) is 7.25. The van der Waals surface area contributed by atoms with E-state index in [0.29, 0.717) is 5.76 Å². The molecule has 0 saturated carbocycles. The van der Waals surface area contributed by atoms with Crippen molar-refractivity contribution < 1.29 is 9.21 Å². The summed E-state index contributed by atoms with van der Waals surface area (Å²) in [6.07, 6.45) is 4.84. The normalized spacial score (nSPS) is 11.0. The summed E-state index contributed by atoms with van der Waals surface area (Å²) in [6, 6.07) is 5.40. The van der Waals surface area contributed by atoms with Crippen LogP contribution in [0.5, 0.6) is 0 Å². The first-order valence-electron chi connectivity index (χ1n) is 4.57. The average molecular weight is 218 g/mol. The van der Waals surface area contributed by atoms with Gasteiger partial charge in [0, 0.05) is 4.88 Å². The van der Waals surface area contributed by atoms with Gasteiger partial charge in [0.25, 0.3) is 0 Å². The maximum Gasteiger partial charge on any atom is 0.221 e. The van der Waals surface area contributed by atoms with Crippen LogP contribution in [-0.4, -0.2) is 5.78 Å². The van der Waals surface area contributed by atoms with E-state index in [-0.39, 0.29) is 5.78 Å². The smallest absolute Gasteiger partial charge is 0.221 e. The molecule has 0 amide bonds. The van der Waals surface area contributed by atoms with E-state index in [1.54, 1.807) is 23.5 Å². The molecule has 2 nitrogen and oxygen atoms in total. The third-order valence-corrected chi connectivity index (χ3v) is 2.93. The lowest BCUT2D eigenvalue weighted by Crippen LogP contribution is -1.89. The van der Waals surface area contributed by atoms with E-state index in [2.05, 4.69) is 5.38 Å². The van der Waals surface area contributed by atoms with Crippen LogP contribution in [0.3, 0.4) is 0 Å². The van der Waals surface area contributed by atoms with Crippen LogP contribution in [0.2, 0.25) is 0 Å². The van der Waals surface area contributed by atoms with Gasteiger partial charge in [0.15, 0.2) is 5.76 Å². The highest BCUT2D eigenvalue weighted by Gasteiger charge is 2.03. The van der Waals surface area contributed by atoms with Crippen LogP contribution in [0.15, 0.2) is 40.3 Å². The summed E-state index contributed by atoms with van der Waals surface area (Å²) in [7, 11) is 0. The number of aryl methyl sites for hydroxylation is 1. The highest BCUT2D eigenvalue weighted by Crippen LogP contribution is 2.15. The first-order valence-corrected chi connectivity index (χ1v) is 5.45. The van der Waals surface area contributed by atoms with E-state index >= 15 is 0 Å². The van der Waals surface area contributed by atoms with Crippen LogP contribution in [0.1, 0.15) is 21.0 Å². The average Bonchev–Trinajstić information content (AvgIpc) is 2.84.